The lowest BCUT2D eigenvalue weighted by Gasteiger charge is -2.20. The van der Waals surface area contributed by atoms with Crippen LogP contribution in [0.3, 0.4) is 0 Å². The summed E-state index contributed by atoms with van der Waals surface area (Å²) >= 11 is 3.21. The molecular weight excluding hydrogens is 398 g/mol. The summed E-state index contributed by atoms with van der Waals surface area (Å²) in [5.41, 5.74) is 4.97. The van der Waals surface area contributed by atoms with E-state index in [9.17, 15) is 4.79 Å². The van der Waals surface area contributed by atoms with Gasteiger partial charge in [-0.3, -0.25) is 14.7 Å². The van der Waals surface area contributed by atoms with E-state index < -0.39 is 0 Å². The zero-order valence-electron chi connectivity index (χ0n) is 16.5. The number of hydrogen-bond donors (Lipinski definition) is 0. The van der Waals surface area contributed by atoms with Gasteiger partial charge in [-0.05, 0) is 79.3 Å². The number of benzene rings is 2. The number of aryl methyl sites for hydroxylation is 2. The summed E-state index contributed by atoms with van der Waals surface area (Å²) < 4.78 is 1.09. The third-order valence-corrected chi connectivity index (χ3v) is 6.65. The molecule has 0 saturated carbocycles. The van der Waals surface area contributed by atoms with E-state index in [4.69, 9.17) is 4.98 Å². The maximum absolute atomic E-state index is 13.4. The first kappa shape index (κ1) is 19.6. The van der Waals surface area contributed by atoms with Crippen molar-refractivity contribution in [3.8, 4) is 0 Å². The highest BCUT2D eigenvalue weighted by Crippen LogP contribution is 2.32. The van der Waals surface area contributed by atoms with Crippen LogP contribution in [0, 0.1) is 13.8 Å². The monoisotopic (exact) mass is 419 g/mol. The summed E-state index contributed by atoms with van der Waals surface area (Å²) in [6, 6.07) is 15.8. The minimum atomic E-state index is -0.0611. The van der Waals surface area contributed by atoms with Crippen molar-refractivity contribution in [2.75, 3.05) is 11.2 Å². The molecule has 4 rings (SSSR count). The van der Waals surface area contributed by atoms with Crippen molar-refractivity contribution >= 4 is 44.4 Å². The maximum Gasteiger partial charge on any atom is 0.260 e. The van der Waals surface area contributed by atoms with E-state index in [1.54, 1.807) is 40.4 Å². The van der Waals surface area contributed by atoms with Crippen molar-refractivity contribution in [3.63, 3.8) is 0 Å². The van der Waals surface area contributed by atoms with Crippen LogP contribution in [0.4, 0.5) is 5.13 Å². The molecule has 29 heavy (non-hydrogen) atoms. The number of carbonyl (C=O) groups excluding carboxylic acids is 1. The van der Waals surface area contributed by atoms with Gasteiger partial charge in [0.2, 0.25) is 0 Å². The third kappa shape index (κ3) is 4.18. The van der Waals surface area contributed by atoms with E-state index in [0.717, 1.165) is 20.7 Å². The Morgan fingerprint density at radius 1 is 1.10 bits per heavy atom. The van der Waals surface area contributed by atoms with Gasteiger partial charge in [0.15, 0.2) is 5.13 Å². The topological polar surface area (TPSA) is 46.1 Å². The van der Waals surface area contributed by atoms with E-state index in [-0.39, 0.29) is 5.91 Å². The lowest BCUT2D eigenvalue weighted by Crippen LogP contribution is -2.30. The van der Waals surface area contributed by atoms with Gasteiger partial charge in [0.1, 0.15) is 0 Å². The first-order chi connectivity index (χ1) is 14.0. The van der Waals surface area contributed by atoms with Crippen LogP contribution in [0.1, 0.15) is 27.0 Å². The van der Waals surface area contributed by atoms with Gasteiger partial charge in [-0.1, -0.05) is 17.4 Å². The number of thiazole rings is 1. The van der Waals surface area contributed by atoms with Gasteiger partial charge in [0.25, 0.3) is 5.91 Å². The Balaban J connectivity index is 1.76. The summed E-state index contributed by atoms with van der Waals surface area (Å²) in [5, 5.41) is 0.702. The Bertz CT molecular complexity index is 1120. The van der Waals surface area contributed by atoms with Crippen LogP contribution in [0.25, 0.3) is 10.2 Å². The minimum Gasteiger partial charge on any atom is -0.279 e. The van der Waals surface area contributed by atoms with Crippen molar-refractivity contribution in [3.05, 3.63) is 83.2 Å². The van der Waals surface area contributed by atoms with Crippen LogP contribution in [-0.4, -0.2) is 22.1 Å². The second kappa shape index (κ2) is 8.35. The number of thioether (sulfide) groups is 1. The average Bonchev–Trinajstić information content (AvgIpc) is 3.15. The summed E-state index contributed by atoms with van der Waals surface area (Å²) in [6.07, 6.45) is 5.55. The van der Waals surface area contributed by atoms with Gasteiger partial charge in [-0.25, -0.2) is 4.98 Å². The molecule has 1 amide bonds. The molecule has 0 unspecified atom stereocenters. The largest absolute Gasteiger partial charge is 0.279 e. The van der Waals surface area contributed by atoms with Gasteiger partial charge >= 0.3 is 0 Å². The molecule has 2 aromatic carbocycles. The summed E-state index contributed by atoms with van der Waals surface area (Å²) in [5.74, 6) is -0.0611. The Hall–Kier alpha value is -2.70. The summed E-state index contributed by atoms with van der Waals surface area (Å²) in [7, 11) is 0. The lowest BCUT2D eigenvalue weighted by atomic mass is 10.1. The number of rotatable bonds is 5. The number of fused-ring (bicyclic) bond motifs is 1. The summed E-state index contributed by atoms with van der Waals surface area (Å²) in [6.45, 7) is 4.61. The first-order valence-corrected chi connectivity index (χ1v) is 11.3. The molecule has 6 heteroatoms. The summed E-state index contributed by atoms with van der Waals surface area (Å²) in [4.78, 5) is 25.3. The van der Waals surface area contributed by atoms with E-state index >= 15 is 0 Å². The van der Waals surface area contributed by atoms with E-state index in [2.05, 4.69) is 31.0 Å². The highest BCUT2D eigenvalue weighted by Gasteiger charge is 2.22. The normalized spacial score (nSPS) is 11.0. The van der Waals surface area contributed by atoms with Crippen LogP contribution in [-0.2, 0) is 6.54 Å². The molecule has 2 aromatic heterocycles. The van der Waals surface area contributed by atoms with Gasteiger partial charge in [0, 0.05) is 22.9 Å². The van der Waals surface area contributed by atoms with E-state index in [0.29, 0.717) is 17.2 Å². The second-order valence-electron chi connectivity index (χ2n) is 6.88. The SMILES string of the molecule is CSc1ccc(C(=O)N(Cc2cccnc2)c2nc3cc(C)c(C)cc3s2)cc1. The van der Waals surface area contributed by atoms with Crippen LogP contribution < -0.4 is 4.90 Å². The zero-order chi connectivity index (χ0) is 20.4. The van der Waals surface area contributed by atoms with E-state index in [1.165, 1.54) is 11.1 Å². The molecule has 0 atom stereocenters. The van der Waals surface area contributed by atoms with Crippen LogP contribution in [0.5, 0.6) is 0 Å². The fourth-order valence-electron chi connectivity index (χ4n) is 3.07. The molecule has 2 heterocycles. The second-order valence-corrected chi connectivity index (χ2v) is 8.77. The zero-order valence-corrected chi connectivity index (χ0v) is 18.2. The number of nitrogens with zero attached hydrogens (tertiary/aromatic N) is 3. The molecule has 0 fully saturated rings. The predicted octanol–water partition coefficient (Wildman–Crippen LogP) is 5.88. The number of pyridine rings is 1. The van der Waals surface area contributed by atoms with Crippen molar-refractivity contribution in [1.82, 2.24) is 9.97 Å². The molecule has 0 aliphatic carbocycles. The Kier molecular flexibility index (Phi) is 5.65. The highest BCUT2D eigenvalue weighted by atomic mass is 32.2. The Morgan fingerprint density at radius 2 is 1.86 bits per heavy atom. The number of amides is 1. The quantitative estimate of drug-likeness (QED) is 0.379. The fourth-order valence-corrected chi connectivity index (χ4v) is 4.52. The highest BCUT2D eigenvalue weighted by molar-refractivity contribution is 7.98. The molecule has 146 valence electrons. The number of carbonyl (C=O) groups is 1. The minimum absolute atomic E-state index is 0.0611. The van der Waals surface area contributed by atoms with E-state index in [1.807, 2.05) is 42.7 Å². The third-order valence-electron chi connectivity index (χ3n) is 4.87. The molecule has 0 radical (unpaired) electrons. The Labute approximate surface area is 178 Å². The molecule has 4 aromatic rings. The molecule has 0 saturated heterocycles. The van der Waals surface area contributed by atoms with Crippen molar-refractivity contribution in [2.24, 2.45) is 0 Å². The van der Waals surface area contributed by atoms with Gasteiger partial charge in [-0.15, -0.1) is 11.8 Å². The predicted molar refractivity (Wildman–Crippen MR) is 122 cm³/mol. The smallest absolute Gasteiger partial charge is 0.260 e. The lowest BCUT2D eigenvalue weighted by molar-refractivity contribution is 0.0985. The standard InChI is InChI=1S/C23H21N3OS2/c1-15-11-20-21(12-16(15)2)29-23(25-20)26(14-17-5-4-10-24-13-17)22(27)18-6-8-19(28-3)9-7-18/h4-13H,14H2,1-3H3. The average molecular weight is 420 g/mol. The number of hydrogen-bond acceptors (Lipinski definition) is 5. The number of anilines is 1. The Morgan fingerprint density at radius 3 is 2.55 bits per heavy atom. The number of aromatic nitrogens is 2. The maximum atomic E-state index is 13.4. The molecule has 0 bridgehead atoms. The van der Waals surface area contributed by atoms with Crippen molar-refractivity contribution in [1.29, 1.82) is 0 Å². The fraction of sp³-hybridized carbons (Fsp3) is 0.174. The molecule has 0 aliphatic rings. The van der Waals surface area contributed by atoms with Gasteiger partial charge < -0.3 is 0 Å². The van der Waals surface area contributed by atoms with Crippen LogP contribution >= 0.6 is 23.1 Å². The van der Waals surface area contributed by atoms with Gasteiger partial charge in [-0.2, -0.15) is 0 Å². The molecule has 0 aliphatic heterocycles. The molecule has 4 nitrogen and oxygen atoms in total. The molecule has 0 N–H and O–H groups in total. The van der Waals surface area contributed by atoms with Crippen LogP contribution in [0.2, 0.25) is 0 Å². The van der Waals surface area contributed by atoms with Crippen molar-refractivity contribution < 1.29 is 4.79 Å². The van der Waals surface area contributed by atoms with Gasteiger partial charge in [0.05, 0.1) is 16.8 Å². The van der Waals surface area contributed by atoms with Crippen molar-refractivity contribution in [2.45, 2.75) is 25.3 Å². The first-order valence-electron chi connectivity index (χ1n) is 9.28. The molecular formula is C23H21N3OS2. The van der Waals surface area contributed by atoms with Crippen LogP contribution in [0.15, 0.2) is 65.8 Å². The molecule has 0 spiro atoms.